The first kappa shape index (κ1) is 21.2. The number of ether oxygens (including phenoxy) is 3. The summed E-state index contributed by atoms with van der Waals surface area (Å²) in [6.07, 6.45) is -0.771. The Morgan fingerprint density at radius 2 is 1.30 bits per heavy atom. The summed E-state index contributed by atoms with van der Waals surface area (Å²) in [5, 5.41) is 10.7. The van der Waals surface area contributed by atoms with Gasteiger partial charge in [0.25, 0.3) is 5.69 Å². The van der Waals surface area contributed by atoms with E-state index in [0.29, 0.717) is 13.2 Å². The van der Waals surface area contributed by atoms with Gasteiger partial charge in [0.2, 0.25) is 0 Å². The Bertz CT molecular complexity index is 901. The van der Waals surface area contributed by atoms with Crippen LogP contribution in [0.5, 0.6) is 0 Å². The number of nitrogens with zero attached hydrogens (tertiary/aromatic N) is 1. The first-order chi connectivity index (χ1) is 14.6. The second kappa shape index (κ2) is 10.8. The lowest BCUT2D eigenvalue weighted by Gasteiger charge is -2.19. The maximum atomic E-state index is 12.3. The minimum absolute atomic E-state index is 0.0955. The van der Waals surface area contributed by atoms with Crippen molar-refractivity contribution in [2.45, 2.75) is 19.5 Å². The first-order valence-corrected chi connectivity index (χ1v) is 9.34. The summed E-state index contributed by atoms with van der Waals surface area (Å²) in [5.74, 6) is -0.610. The van der Waals surface area contributed by atoms with Crippen molar-refractivity contribution in [3.63, 3.8) is 0 Å². The second-order valence-corrected chi connectivity index (χ2v) is 6.43. The smallest absolute Gasteiger partial charge is 0.338 e. The van der Waals surface area contributed by atoms with Crippen LogP contribution in [-0.2, 0) is 27.4 Å². The number of esters is 1. The van der Waals surface area contributed by atoms with Gasteiger partial charge in [-0.1, -0.05) is 60.7 Å². The summed E-state index contributed by atoms with van der Waals surface area (Å²) >= 11 is 0. The van der Waals surface area contributed by atoms with Crippen LogP contribution in [0.25, 0.3) is 0 Å². The summed E-state index contributed by atoms with van der Waals surface area (Å²) in [7, 11) is 0. The third kappa shape index (κ3) is 6.51. The van der Waals surface area contributed by atoms with Gasteiger partial charge in [-0.05, 0) is 23.3 Å². The number of carbonyl (C=O) groups is 1. The molecule has 0 amide bonds. The quantitative estimate of drug-likeness (QED) is 0.213. The van der Waals surface area contributed by atoms with Crippen LogP contribution < -0.4 is 0 Å². The zero-order valence-electron chi connectivity index (χ0n) is 16.2. The topological polar surface area (TPSA) is 87.9 Å². The number of nitro benzene ring substituents is 1. The van der Waals surface area contributed by atoms with E-state index < -0.39 is 17.2 Å². The van der Waals surface area contributed by atoms with Crippen molar-refractivity contribution in [1.82, 2.24) is 0 Å². The van der Waals surface area contributed by atoms with Gasteiger partial charge in [-0.3, -0.25) is 10.1 Å². The van der Waals surface area contributed by atoms with Crippen LogP contribution in [0.15, 0.2) is 84.9 Å². The minimum Gasteiger partial charge on any atom is -0.457 e. The van der Waals surface area contributed by atoms with Gasteiger partial charge in [-0.2, -0.15) is 0 Å². The molecule has 0 atom stereocenters. The molecule has 0 bridgehead atoms. The highest BCUT2D eigenvalue weighted by atomic mass is 16.7. The molecule has 0 aliphatic carbocycles. The molecule has 0 saturated heterocycles. The third-order valence-electron chi connectivity index (χ3n) is 4.22. The Kier molecular flexibility index (Phi) is 7.65. The lowest BCUT2D eigenvalue weighted by Crippen LogP contribution is -2.25. The van der Waals surface area contributed by atoms with Gasteiger partial charge in [0.15, 0.2) is 6.29 Å². The molecule has 0 heterocycles. The number of hydrogen-bond donors (Lipinski definition) is 0. The molecule has 0 N–H and O–H groups in total. The van der Waals surface area contributed by atoms with Crippen LogP contribution in [0, 0.1) is 10.1 Å². The third-order valence-corrected chi connectivity index (χ3v) is 4.22. The number of benzene rings is 3. The van der Waals surface area contributed by atoms with E-state index in [1.807, 2.05) is 60.7 Å². The number of hydrogen-bond acceptors (Lipinski definition) is 6. The lowest BCUT2D eigenvalue weighted by molar-refractivity contribution is -0.384. The zero-order valence-corrected chi connectivity index (χ0v) is 16.2. The van der Waals surface area contributed by atoms with Crippen LogP contribution in [0.3, 0.4) is 0 Å². The maximum absolute atomic E-state index is 12.3. The number of non-ortho nitro benzene ring substituents is 1. The molecule has 7 heteroatoms. The van der Waals surface area contributed by atoms with Crippen molar-refractivity contribution in [2.75, 3.05) is 6.61 Å². The van der Waals surface area contributed by atoms with E-state index in [0.717, 1.165) is 11.1 Å². The van der Waals surface area contributed by atoms with Crippen LogP contribution in [0.2, 0.25) is 0 Å². The summed E-state index contributed by atoms with van der Waals surface area (Å²) in [4.78, 5) is 22.5. The van der Waals surface area contributed by atoms with Gasteiger partial charge in [-0.15, -0.1) is 0 Å². The Morgan fingerprint density at radius 3 is 1.77 bits per heavy atom. The highest BCUT2D eigenvalue weighted by Crippen LogP contribution is 2.14. The monoisotopic (exact) mass is 407 g/mol. The van der Waals surface area contributed by atoms with Crippen LogP contribution >= 0.6 is 0 Å². The van der Waals surface area contributed by atoms with E-state index in [4.69, 9.17) is 14.2 Å². The molecule has 0 fully saturated rings. The predicted octanol–water partition coefficient (Wildman–Crippen LogP) is 4.51. The van der Waals surface area contributed by atoms with Crippen LogP contribution in [0.4, 0.5) is 5.69 Å². The Hall–Kier alpha value is -3.55. The number of nitro groups is 1. The predicted molar refractivity (Wildman–Crippen MR) is 110 cm³/mol. The average Bonchev–Trinajstić information content (AvgIpc) is 2.79. The second-order valence-electron chi connectivity index (χ2n) is 6.43. The summed E-state index contributed by atoms with van der Waals surface area (Å²) < 4.78 is 16.9. The molecule has 154 valence electrons. The Morgan fingerprint density at radius 1 is 0.800 bits per heavy atom. The van der Waals surface area contributed by atoms with E-state index in [-0.39, 0.29) is 17.9 Å². The lowest BCUT2D eigenvalue weighted by atomic mass is 10.2. The molecule has 0 spiro atoms. The normalized spacial score (nSPS) is 10.7. The average molecular weight is 407 g/mol. The van der Waals surface area contributed by atoms with E-state index in [2.05, 4.69) is 0 Å². The Labute approximate surface area is 174 Å². The van der Waals surface area contributed by atoms with Gasteiger partial charge in [0.1, 0.15) is 6.61 Å². The van der Waals surface area contributed by atoms with Gasteiger partial charge in [0, 0.05) is 12.1 Å². The summed E-state index contributed by atoms with van der Waals surface area (Å²) in [6, 6.07) is 24.4. The number of carbonyl (C=O) groups excluding carboxylic acids is 1. The van der Waals surface area contributed by atoms with Crippen molar-refractivity contribution in [3.8, 4) is 0 Å². The van der Waals surface area contributed by atoms with E-state index in [9.17, 15) is 14.9 Å². The molecule has 0 saturated carbocycles. The van der Waals surface area contributed by atoms with Gasteiger partial charge in [-0.25, -0.2) is 4.79 Å². The molecular formula is C23H21NO6. The van der Waals surface area contributed by atoms with Gasteiger partial charge in [0.05, 0.1) is 23.7 Å². The molecule has 0 radical (unpaired) electrons. The van der Waals surface area contributed by atoms with Crippen LogP contribution in [0.1, 0.15) is 21.5 Å². The van der Waals surface area contributed by atoms with Crippen molar-refractivity contribution < 1.29 is 23.9 Å². The Balaban J connectivity index is 1.58. The molecule has 0 aliphatic rings. The number of rotatable bonds is 10. The molecule has 3 rings (SSSR count). The largest absolute Gasteiger partial charge is 0.457 e. The van der Waals surface area contributed by atoms with Gasteiger partial charge < -0.3 is 14.2 Å². The van der Waals surface area contributed by atoms with Crippen molar-refractivity contribution >= 4 is 11.7 Å². The molecule has 3 aromatic rings. The van der Waals surface area contributed by atoms with E-state index in [1.165, 1.54) is 24.3 Å². The summed E-state index contributed by atoms with van der Waals surface area (Å²) in [6.45, 7) is 0.486. The van der Waals surface area contributed by atoms with Crippen molar-refractivity contribution in [3.05, 3.63) is 112 Å². The summed E-state index contributed by atoms with van der Waals surface area (Å²) in [5.41, 5.74) is 2.05. The molecule has 7 nitrogen and oxygen atoms in total. The standard InChI is InChI=1S/C23H21NO6/c25-23(20-11-13-21(14-12-20)24(26)27)30-17-22(28-15-18-7-3-1-4-8-18)29-16-19-9-5-2-6-10-19/h1-14,22H,15-17H2. The highest BCUT2D eigenvalue weighted by Gasteiger charge is 2.16. The SMILES string of the molecule is O=C(OCC(OCc1ccccc1)OCc1ccccc1)c1ccc([N+](=O)[O-])cc1. The fourth-order valence-corrected chi connectivity index (χ4v) is 2.62. The molecular weight excluding hydrogens is 386 g/mol. The van der Waals surface area contributed by atoms with E-state index in [1.54, 1.807) is 0 Å². The molecule has 30 heavy (non-hydrogen) atoms. The zero-order chi connectivity index (χ0) is 21.2. The van der Waals surface area contributed by atoms with Crippen molar-refractivity contribution in [2.24, 2.45) is 0 Å². The van der Waals surface area contributed by atoms with Crippen molar-refractivity contribution in [1.29, 1.82) is 0 Å². The fraction of sp³-hybridized carbons (Fsp3) is 0.174. The molecule has 0 unspecified atom stereocenters. The first-order valence-electron chi connectivity index (χ1n) is 9.34. The van der Waals surface area contributed by atoms with Crippen LogP contribution in [-0.4, -0.2) is 23.8 Å². The van der Waals surface area contributed by atoms with Gasteiger partial charge >= 0.3 is 5.97 Å². The molecule has 0 aromatic heterocycles. The minimum atomic E-state index is -0.771. The maximum Gasteiger partial charge on any atom is 0.338 e. The molecule has 3 aromatic carbocycles. The fourth-order valence-electron chi connectivity index (χ4n) is 2.62. The van der Waals surface area contributed by atoms with E-state index >= 15 is 0 Å². The molecule has 0 aliphatic heterocycles. The highest BCUT2D eigenvalue weighted by molar-refractivity contribution is 5.89.